The fourth-order valence-corrected chi connectivity index (χ4v) is 1.70. The molecule has 1 aromatic heterocycles. The zero-order chi connectivity index (χ0) is 15.6. The zero-order valence-electron chi connectivity index (χ0n) is 12.1. The molecule has 1 amide bonds. The van der Waals surface area contributed by atoms with Gasteiger partial charge in [-0.3, -0.25) is 5.32 Å². The maximum atomic E-state index is 11.7. The van der Waals surface area contributed by atoms with E-state index < -0.39 is 11.7 Å². The molecule has 112 valence electrons. The number of ether oxygens (including phenoxy) is 1. The van der Waals surface area contributed by atoms with Crippen LogP contribution in [0.1, 0.15) is 20.8 Å². The summed E-state index contributed by atoms with van der Waals surface area (Å²) in [6, 6.07) is 4.80. The number of benzene rings is 1. The van der Waals surface area contributed by atoms with Crippen LogP contribution in [0.5, 0.6) is 5.75 Å². The number of nitrogens with one attached hydrogen (secondary N) is 2. The van der Waals surface area contributed by atoms with Crippen LogP contribution in [-0.4, -0.2) is 26.8 Å². The van der Waals surface area contributed by atoms with Crippen molar-refractivity contribution < 1.29 is 14.6 Å². The van der Waals surface area contributed by atoms with E-state index in [1.54, 1.807) is 39.1 Å². The lowest BCUT2D eigenvalue weighted by Gasteiger charge is -2.20. The quantitative estimate of drug-likeness (QED) is 0.635. The standard InChI is InChI=1S/C14H18N4O3/c1-14(2,3)21-13(20)18-9-5-4-8(6-11(9)19)10-7-16-12(15)17-10/h4-7,19H,1-3H3,(H,18,20)(H3,15,16,17). The monoisotopic (exact) mass is 290 g/mol. The van der Waals surface area contributed by atoms with E-state index in [2.05, 4.69) is 15.3 Å². The number of H-pyrrole nitrogens is 1. The van der Waals surface area contributed by atoms with Crippen molar-refractivity contribution in [1.29, 1.82) is 0 Å². The Morgan fingerprint density at radius 2 is 2.14 bits per heavy atom. The summed E-state index contributed by atoms with van der Waals surface area (Å²) in [7, 11) is 0. The third-order valence-electron chi connectivity index (χ3n) is 2.54. The second-order valence-electron chi connectivity index (χ2n) is 5.54. The SMILES string of the molecule is CC(C)(C)OC(=O)Nc1ccc(-c2cnc(N)[nH]2)cc1O. The number of imidazole rings is 1. The molecule has 0 fully saturated rings. The molecule has 0 bridgehead atoms. The van der Waals surface area contributed by atoms with Crippen LogP contribution >= 0.6 is 0 Å². The number of aromatic nitrogens is 2. The molecular weight excluding hydrogens is 272 g/mol. The maximum Gasteiger partial charge on any atom is 0.412 e. The topological polar surface area (TPSA) is 113 Å². The fraction of sp³-hybridized carbons (Fsp3) is 0.286. The van der Waals surface area contributed by atoms with Crippen LogP contribution in [0.25, 0.3) is 11.3 Å². The molecule has 0 aliphatic rings. The van der Waals surface area contributed by atoms with Gasteiger partial charge < -0.3 is 20.6 Å². The molecule has 0 atom stereocenters. The first-order valence-electron chi connectivity index (χ1n) is 6.38. The summed E-state index contributed by atoms with van der Waals surface area (Å²) >= 11 is 0. The summed E-state index contributed by atoms with van der Waals surface area (Å²) in [5.41, 5.74) is 6.54. The summed E-state index contributed by atoms with van der Waals surface area (Å²) in [5, 5.41) is 12.5. The van der Waals surface area contributed by atoms with Crippen LogP contribution in [0.15, 0.2) is 24.4 Å². The van der Waals surface area contributed by atoms with Crippen LogP contribution in [0.4, 0.5) is 16.4 Å². The molecule has 21 heavy (non-hydrogen) atoms. The molecule has 1 aromatic carbocycles. The highest BCUT2D eigenvalue weighted by molar-refractivity contribution is 5.87. The number of aromatic hydroxyl groups is 1. The number of carbonyl (C=O) groups excluding carboxylic acids is 1. The van der Waals surface area contributed by atoms with Gasteiger partial charge in [-0.25, -0.2) is 9.78 Å². The average Bonchev–Trinajstić information content (AvgIpc) is 2.76. The molecule has 7 heteroatoms. The average molecular weight is 290 g/mol. The summed E-state index contributed by atoms with van der Waals surface area (Å²) in [6.07, 6.45) is 0.932. The number of nitrogen functional groups attached to an aromatic ring is 1. The van der Waals surface area contributed by atoms with Gasteiger partial charge in [-0.15, -0.1) is 0 Å². The Bertz CT molecular complexity index is 658. The van der Waals surface area contributed by atoms with Gasteiger partial charge in [0, 0.05) is 5.56 Å². The number of nitrogens with zero attached hydrogens (tertiary/aromatic N) is 1. The molecule has 2 rings (SSSR count). The van der Waals surface area contributed by atoms with Crippen LogP contribution in [0, 0.1) is 0 Å². The number of aromatic amines is 1. The van der Waals surface area contributed by atoms with E-state index in [1.165, 1.54) is 6.07 Å². The van der Waals surface area contributed by atoms with Crippen LogP contribution in [0.3, 0.4) is 0 Å². The molecule has 0 saturated carbocycles. The van der Waals surface area contributed by atoms with Crippen molar-refractivity contribution >= 4 is 17.7 Å². The van der Waals surface area contributed by atoms with Gasteiger partial charge in [0.25, 0.3) is 0 Å². The molecular formula is C14H18N4O3. The van der Waals surface area contributed by atoms with Crippen LogP contribution < -0.4 is 11.1 Å². The summed E-state index contributed by atoms with van der Waals surface area (Å²) < 4.78 is 5.12. The van der Waals surface area contributed by atoms with Gasteiger partial charge in [0.15, 0.2) is 5.95 Å². The van der Waals surface area contributed by atoms with E-state index in [9.17, 15) is 9.90 Å². The number of phenolic OH excluding ortho intramolecular Hbond substituents is 1. The highest BCUT2D eigenvalue weighted by Gasteiger charge is 2.17. The van der Waals surface area contributed by atoms with Gasteiger partial charge in [0.1, 0.15) is 11.4 Å². The minimum atomic E-state index is -0.628. The molecule has 1 heterocycles. The van der Waals surface area contributed by atoms with Gasteiger partial charge in [-0.05, 0) is 32.9 Å². The Balaban J connectivity index is 2.15. The summed E-state index contributed by atoms with van der Waals surface area (Å²) in [4.78, 5) is 18.4. The number of amides is 1. The lowest BCUT2D eigenvalue weighted by Crippen LogP contribution is -2.27. The predicted molar refractivity (Wildman–Crippen MR) is 80.0 cm³/mol. The number of carbonyl (C=O) groups is 1. The molecule has 0 aliphatic carbocycles. The van der Waals surface area contributed by atoms with Crippen LogP contribution in [-0.2, 0) is 4.74 Å². The van der Waals surface area contributed by atoms with Gasteiger partial charge in [-0.1, -0.05) is 6.07 Å². The number of phenols is 1. The van der Waals surface area contributed by atoms with Gasteiger partial charge in [-0.2, -0.15) is 0 Å². The van der Waals surface area contributed by atoms with Crippen molar-refractivity contribution in [1.82, 2.24) is 9.97 Å². The Labute approximate surface area is 122 Å². The predicted octanol–water partition coefficient (Wildman–Crippen LogP) is 2.71. The lowest BCUT2D eigenvalue weighted by molar-refractivity contribution is 0.0635. The molecule has 0 saturated heterocycles. The van der Waals surface area contributed by atoms with Crippen molar-refractivity contribution in [3.8, 4) is 17.0 Å². The number of hydrogen-bond donors (Lipinski definition) is 4. The van der Waals surface area contributed by atoms with Gasteiger partial charge in [0.05, 0.1) is 17.6 Å². The van der Waals surface area contributed by atoms with Crippen molar-refractivity contribution in [2.75, 3.05) is 11.1 Å². The van der Waals surface area contributed by atoms with Crippen molar-refractivity contribution in [3.05, 3.63) is 24.4 Å². The second kappa shape index (κ2) is 5.35. The Hall–Kier alpha value is -2.70. The normalized spacial score (nSPS) is 11.2. The summed E-state index contributed by atoms with van der Waals surface area (Å²) in [6.45, 7) is 5.29. The molecule has 0 radical (unpaired) electrons. The van der Waals surface area contributed by atoms with E-state index in [0.717, 1.165) is 0 Å². The van der Waals surface area contributed by atoms with Gasteiger partial charge in [0.2, 0.25) is 0 Å². The Kier molecular flexibility index (Phi) is 3.75. The van der Waals surface area contributed by atoms with Gasteiger partial charge >= 0.3 is 6.09 Å². The lowest BCUT2D eigenvalue weighted by atomic mass is 10.1. The number of anilines is 2. The number of nitrogens with two attached hydrogens (primary N) is 1. The third kappa shape index (κ3) is 3.88. The fourth-order valence-electron chi connectivity index (χ4n) is 1.70. The van der Waals surface area contributed by atoms with E-state index in [1.807, 2.05) is 0 Å². The first-order valence-corrected chi connectivity index (χ1v) is 6.38. The van der Waals surface area contributed by atoms with E-state index >= 15 is 0 Å². The van der Waals surface area contributed by atoms with Crippen molar-refractivity contribution in [3.63, 3.8) is 0 Å². The Morgan fingerprint density at radius 3 is 2.67 bits per heavy atom. The molecule has 5 N–H and O–H groups in total. The largest absolute Gasteiger partial charge is 0.506 e. The smallest absolute Gasteiger partial charge is 0.412 e. The maximum absolute atomic E-state index is 11.7. The molecule has 2 aromatic rings. The first kappa shape index (κ1) is 14.7. The minimum Gasteiger partial charge on any atom is -0.506 e. The van der Waals surface area contributed by atoms with E-state index in [0.29, 0.717) is 17.2 Å². The minimum absolute atomic E-state index is 0.0773. The molecule has 7 nitrogen and oxygen atoms in total. The highest BCUT2D eigenvalue weighted by Crippen LogP contribution is 2.29. The molecule has 0 spiro atoms. The van der Waals surface area contributed by atoms with Crippen molar-refractivity contribution in [2.24, 2.45) is 0 Å². The number of hydrogen-bond acceptors (Lipinski definition) is 5. The van der Waals surface area contributed by atoms with Crippen LogP contribution in [0.2, 0.25) is 0 Å². The van der Waals surface area contributed by atoms with Crippen molar-refractivity contribution in [2.45, 2.75) is 26.4 Å². The highest BCUT2D eigenvalue weighted by atomic mass is 16.6. The number of rotatable bonds is 2. The third-order valence-corrected chi connectivity index (χ3v) is 2.54. The Morgan fingerprint density at radius 1 is 1.43 bits per heavy atom. The zero-order valence-corrected chi connectivity index (χ0v) is 12.1. The van der Waals surface area contributed by atoms with E-state index in [4.69, 9.17) is 10.5 Å². The summed E-state index contributed by atoms with van der Waals surface area (Å²) in [5.74, 6) is 0.215. The second-order valence-corrected chi connectivity index (χ2v) is 5.54. The van der Waals surface area contributed by atoms with E-state index in [-0.39, 0.29) is 11.4 Å². The molecule has 0 aliphatic heterocycles. The molecule has 0 unspecified atom stereocenters. The first-order chi connectivity index (χ1) is 9.74.